The smallest absolute Gasteiger partial charge is 0.261 e. The van der Waals surface area contributed by atoms with Crippen molar-refractivity contribution in [3.05, 3.63) is 99.3 Å². The Labute approximate surface area is 211 Å². The van der Waals surface area contributed by atoms with Crippen LogP contribution in [0.5, 0.6) is 11.5 Å². The van der Waals surface area contributed by atoms with Crippen LogP contribution in [0.1, 0.15) is 32.1 Å². The van der Waals surface area contributed by atoms with Crippen molar-refractivity contribution in [1.29, 1.82) is 0 Å². The zero-order chi connectivity index (χ0) is 26.1. The van der Waals surface area contributed by atoms with Gasteiger partial charge in [0, 0.05) is 25.6 Å². The van der Waals surface area contributed by atoms with Gasteiger partial charge in [-0.05, 0) is 48.4 Å². The summed E-state index contributed by atoms with van der Waals surface area (Å²) in [6, 6.07) is 16.0. The maximum Gasteiger partial charge on any atom is 0.261 e. The van der Waals surface area contributed by atoms with Gasteiger partial charge in [-0.1, -0.05) is 18.2 Å². The first-order valence-electron chi connectivity index (χ1n) is 11.8. The van der Waals surface area contributed by atoms with Crippen LogP contribution in [0.15, 0.2) is 65.5 Å². The Morgan fingerprint density at radius 2 is 1.51 bits per heavy atom. The van der Waals surface area contributed by atoms with E-state index in [1.165, 1.54) is 22.8 Å². The quantitative estimate of drug-likeness (QED) is 0.343. The minimum Gasteiger partial charge on any atom is -0.493 e. The highest BCUT2D eigenvalue weighted by molar-refractivity contribution is 6.21. The Morgan fingerprint density at radius 1 is 0.811 bits per heavy atom. The number of rotatable bonds is 8. The molecular formula is C28H24FN3O5. The molecule has 37 heavy (non-hydrogen) atoms. The molecule has 2 amide bonds. The first-order valence-corrected chi connectivity index (χ1v) is 11.8. The van der Waals surface area contributed by atoms with Gasteiger partial charge in [0.15, 0.2) is 11.5 Å². The molecule has 4 aromatic rings. The molecule has 5 rings (SSSR count). The number of carbonyl (C=O) groups excluding carboxylic acids is 2. The molecule has 9 heteroatoms. The number of hydrogen-bond donors (Lipinski definition) is 0. The predicted octanol–water partition coefficient (Wildman–Crippen LogP) is 3.63. The van der Waals surface area contributed by atoms with Crippen LogP contribution in [0, 0.1) is 5.82 Å². The molecule has 0 radical (unpaired) electrons. The monoisotopic (exact) mass is 501 g/mol. The number of hydrogen-bond acceptors (Lipinski definition) is 6. The number of fused-ring (bicyclic) bond motifs is 2. The molecule has 0 saturated carbocycles. The SMILES string of the molecule is COc1ccc(CCn2c(CCN3C(=O)c4ccccc4C3=O)nc3cc(F)ccc3c2=O)cc1OC. The molecule has 188 valence electrons. The molecule has 0 N–H and O–H groups in total. The molecule has 2 heterocycles. The number of nitrogens with zero attached hydrogens (tertiary/aromatic N) is 3. The molecule has 3 aromatic carbocycles. The highest BCUT2D eigenvalue weighted by atomic mass is 19.1. The first kappa shape index (κ1) is 24.2. The van der Waals surface area contributed by atoms with Crippen LogP contribution in [0.3, 0.4) is 0 Å². The molecular weight excluding hydrogens is 477 g/mol. The van der Waals surface area contributed by atoms with Gasteiger partial charge in [-0.15, -0.1) is 0 Å². The van der Waals surface area contributed by atoms with Gasteiger partial charge in [-0.3, -0.25) is 23.9 Å². The summed E-state index contributed by atoms with van der Waals surface area (Å²) in [5, 5.41) is 0.290. The number of imide groups is 1. The fraction of sp³-hybridized carbons (Fsp3) is 0.214. The summed E-state index contributed by atoms with van der Waals surface area (Å²) in [5.41, 5.74) is 1.53. The Kier molecular flexibility index (Phi) is 6.43. The van der Waals surface area contributed by atoms with Gasteiger partial charge in [-0.25, -0.2) is 9.37 Å². The molecule has 8 nitrogen and oxygen atoms in total. The van der Waals surface area contributed by atoms with Gasteiger partial charge in [0.1, 0.15) is 11.6 Å². The topological polar surface area (TPSA) is 90.7 Å². The van der Waals surface area contributed by atoms with Crippen molar-refractivity contribution in [2.75, 3.05) is 20.8 Å². The summed E-state index contributed by atoms with van der Waals surface area (Å²) in [6.45, 7) is 0.321. The fourth-order valence-electron chi connectivity index (χ4n) is 4.59. The minimum absolute atomic E-state index is 0.0377. The average Bonchev–Trinajstić information content (AvgIpc) is 3.15. The second-order valence-corrected chi connectivity index (χ2v) is 8.64. The number of amides is 2. The summed E-state index contributed by atoms with van der Waals surface area (Å²) < 4.78 is 26.1. The van der Waals surface area contributed by atoms with Crippen molar-refractivity contribution in [2.45, 2.75) is 19.4 Å². The van der Waals surface area contributed by atoms with E-state index in [4.69, 9.17) is 9.47 Å². The van der Waals surface area contributed by atoms with E-state index in [1.807, 2.05) is 12.1 Å². The van der Waals surface area contributed by atoms with E-state index >= 15 is 0 Å². The third kappa shape index (κ3) is 4.44. The van der Waals surface area contributed by atoms with Gasteiger partial charge in [0.25, 0.3) is 17.4 Å². The van der Waals surface area contributed by atoms with E-state index in [0.717, 1.165) is 10.5 Å². The van der Waals surface area contributed by atoms with E-state index in [0.29, 0.717) is 34.9 Å². The normalized spacial score (nSPS) is 12.8. The van der Waals surface area contributed by atoms with Gasteiger partial charge in [-0.2, -0.15) is 0 Å². The Morgan fingerprint density at radius 3 is 2.19 bits per heavy atom. The lowest BCUT2D eigenvalue weighted by Crippen LogP contribution is -2.34. The number of carbonyl (C=O) groups is 2. The average molecular weight is 502 g/mol. The van der Waals surface area contributed by atoms with Crippen LogP contribution in [0.25, 0.3) is 10.9 Å². The first-order chi connectivity index (χ1) is 17.9. The van der Waals surface area contributed by atoms with E-state index in [2.05, 4.69) is 4.98 Å². The lowest BCUT2D eigenvalue weighted by Gasteiger charge is -2.17. The number of halogens is 1. The van der Waals surface area contributed by atoms with Crippen molar-refractivity contribution >= 4 is 22.7 Å². The van der Waals surface area contributed by atoms with Crippen LogP contribution < -0.4 is 15.0 Å². The standard InChI is InChI=1S/C28H24FN3O5/c1-36-23-10-7-17(15-24(23)37-2)11-13-31-25(30-22-16-18(29)8-9-21(22)28(31)35)12-14-32-26(33)19-5-3-4-6-20(19)27(32)34/h3-10,15-16H,11-14H2,1-2H3. The van der Waals surface area contributed by atoms with Crippen molar-refractivity contribution in [2.24, 2.45) is 0 Å². The van der Waals surface area contributed by atoms with Crippen LogP contribution in [0.4, 0.5) is 4.39 Å². The maximum absolute atomic E-state index is 13.9. The second kappa shape index (κ2) is 9.85. The lowest BCUT2D eigenvalue weighted by molar-refractivity contribution is 0.0655. The molecule has 0 unspecified atom stereocenters. The summed E-state index contributed by atoms with van der Waals surface area (Å²) in [7, 11) is 3.11. The number of benzene rings is 3. The molecule has 1 aliphatic rings. The summed E-state index contributed by atoms with van der Waals surface area (Å²) in [5.74, 6) is 0.261. The molecule has 0 atom stereocenters. The van der Waals surface area contributed by atoms with Gasteiger partial charge in [0.05, 0.1) is 36.2 Å². The van der Waals surface area contributed by atoms with E-state index in [9.17, 15) is 18.8 Å². The molecule has 1 aromatic heterocycles. The van der Waals surface area contributed by atoms with Crippen molar-refractivity contribution in [3.8, 4) is 11.5 Å². The zero-order valence-corrected chi connectivity index (χ0v) is 20.4. The second-order valence-electron chi connectivity index (χ2n) is 8.64. The zero-order valence-electron chi connectivity index (χ0n) is 20.4. The minimum atomic E-state index is -0.506. The summed E-state index contributed by atoms with van der Waals surface area (Å²) in [4.78, 5) is 44.7. The molecule has 0 aliphatic carbocycles. The third-order valence-electron chi connectivity index (χ3n) is 6.51. The fourth-order valence-corrected chi connectivity index (χ4v) is 4.59. The van der Waals surface area contributed by atoms with E-state index in [1.54, 1.807) is 44.6 Å². The van der Waals surface area contributed by atoms with Crippen molar-refractivity contribution in [3.63, 3.8) is 0 Å². The maximum atomic E-state index is 13.9. The molecule has 0 saturated heterocycles. The van der Waals surface area contributed by atoms with Gasteiger partial charge < -0.3 is 9.47 Å². The van der Waals surface area contributed by atoms with Crippen LogP contribution in [-0.2, 0) is 19.4 Å². The van der Waals surface area contributed by atoms with Gasteiger partial charge >= 0.3 is 0 Å². The highest BCUT2D eigenvalue weighted by Gasteiger charge is 2.34. The van der Waals surface area contributed by atoms with Crippen molar-refractivity contribution < 1.29 is 23.5 Å². The largest absolute Gasteiger partial charge is 0.493 e. The lowest BCUT2D eigenvalue weighted by atomic mass is 10.1. The number of methoxy groups -OCH3 is 2. The number of aromatic nitrogens is 2. The molecule has 1 aliphatic heterocycles. The third-order valence-corrected chi connectivity index (χ3v) is 6.51. The molecule has 0 spiro atoms. The summed E-state index contributed by atoms with van der Waals surface area (Å²) in [6.07, 6.45) is 0.619. The van der Waals surface area contributed by atoms with Gasteiger partial charge in [0.2, 0.25) is 0 Å². The number of ether oxygens (including phenoxy) is 2. The van der Waals surface area contributed by atoms with Crippen molar-refractivity contribution in [1.82, 2.24) is 14.5 Å². The molecule has 0 bridgehead atoms. The van der Waals surface area contributed by atoms with Crippen LogP contribution in [-0.4, -0.2) is 47.0 Å². The van der Waals surface area contributed by atoms with E-state index < -0.39 is 5.82 Å². The Bertz CT molecular complexity index is 1560. The van der Waals surface area contributed by atoms with E-state index in [-0.39, 0.29) is 47.8 Å². The predicted molar refractivity (Wildman–Crippen MR) is 135 cm³/mol. The number of aryl methyl sites for hydroxylation is 1. The highest BCUT2D eigenvalue weighted by Crippen LogP contribution is 2.28. The van der Waals surface area contributed by atoms with Crippen LogP contribution >= 0.6 is 0 Å². The summed E-state index contributed by atoms with van der Waals surface area (Å²) >= 11 is 0. The molecule has 0 fully saturated rings. The van der Waals surface area contributed by atoms with Crippen LogP contribution in [0.2, 0.25) is 0 Å². The Balaban J connectivity index is 1.46. The Hall–Kier alpha value is -4.53.